The molecular weight excluding hydrogens is 208 g/mol. The Morgan fingerprint density at radius 3 is 2.71 bits per heavy atom. The summed E-state index contributed by atoms with van der Waals surface area (Å²) in [5.74, 6) is 0.871. The molecule has 0 bridgehead atoms. The lowest BCUT2D eigenvalue weighted by atomic mass is 10.0. The largest absolute Gasteiger partial charge is 0.314 e. The average Bonchev–Trinajstić information content (AvgIpc) is 3.10. The predicted molar refractivity (Wildman–Crippen MR) is 71.2 cm³/mol. The number of likely N-dealkylation sites (N-methyl/N-ethyl adjacent to an activating group) is 1. The van der Waals surface area contributed by atoms with Gasteiger partial charge in [-0.05, 0) is 36.4 Å². The first-order valence-corrected chi connectivity index (χ1v) is 6.90. The second-order valence-corrected chi connectivity index (χ2v) is 5.39. The van der Waals surface area contributed by atoms with Crippen LogP contribution >= 0.6 is 0 Å². The molecule has 1 aliphatic heterocycles. The van der Waals surface area contributed by atoms with Gasteiger partial charge in [0.05, 0.1) is 0 Å². The van der Waals surface area contributed by atoms with Crippen molar-refractivity contribution in [3.8, 4) is 0 Å². The summed E-state index contributed by atoms with van der Waals surface area (Å²) in [4.78, 5) is 2.59. The number of nitrogens with zero attached hydrogens (tertiary/aromatic N) is 1. The van der Waals surface area contributed by atoms with Crippen molar-refractivity contribution in [1.29, 1.82) is 0 Å². The molecular formula is C15H22N2. The van der Waals surface area contributed by atoms with Gasteiger partial charge in [-0.15, -0.1) is 0 Å². The Hall–Kier alpha value is -0.860. The molecule has 3 rings (SSSR count). The molecule has 1 aromatic carbocycles. The van der Waals surface area contributed by atoms with Crippen LogP contribution in [0, 0.1) is 0 Å². The SMILES string of the molecule is CCN(Cc1cccc(C2CC2)c1)C1CNC1. The molecule has 1 aromatic rings. The molecule has 2 heteroatoms. The van der Waals surface area contributed by atoms with Crippen molar-refractivity contribution in [3.63, 3.8) is 0 Å². The summed E-state index contributed by atoms with van der Waals surface area (Å²) < 4.78 is 0. The van der Waals surface area contributed by atoms with Crippen LogP contribution in [0.4, 0.5) is 0 Å². The highest BCUT2D eigenvalue weighted by molar-refractivity contribution is 5.29. The van der Waals surface area contributed by atoms with E-state index in [0.29, 0.717) is 0 Å². The minimum atomic E-state index is 0.754. The summed E-state index contributed by atoms with van der Waals surface area (Å²) in [5.41, 5.74) is 3.05. The molecule has 92 valence electrons. The van der Waals surface area contributed by atoms with E-state index in [4.69, 9.17) is 0 Å². The van der Waals surface area contributed by atoms with Crippen molar-refractivity contribution in [2.75, 3.05) is 19.6 Å². The van der Waals surface area contributed by atoms with E-state index in [-0.39, 0.29) is 0 Å². The summed E-state index contributed by atoms with van der Waals surface area (Å²) in [7, 11) is 0. The summed E-state index contributed by atoms with van der Waals surface area (Å²) in [5, 5.41) is 3.36. The van der Waals surface area contributed by atoms with Crippen LogP contribution in [0.25, 0.3) is 0 Å². The normalized spacial score (nSPS) is 20.6. The van der Waals surface area contributed by atoms with E-state index in [1.807, 2.05) is 0 Å². The van der Waals surface area contributed by atoms with Crippen molar-refractivity contribution in [1.82, 2.24) is 10.2 Å². The van der Waals surface area contributed by atoms with Gasteiger partial charge in [0.1, 0.15) is 0 Å². The molecule has 0 radical (unpaired) electrons. The lowest BCUT2D eigenvalue weighted by Crippen LogP contribution is -2.56. The molecule has 2 aliphatic rings. The zero-order valence-electron chi connectivity index (χ0n) is 10.7. The van der Waals surface area contributed by atoms with E-state index >= 15 is 0 Å². The van der Waals surface area contributed by atoms with E-state index in [2.05, 4.69) is 41.4 Å². The predicted octanol–water partition coefficient (Wildman–Crippen LogP) is 2.36. The fourth-order valence-corrected chi connectivity index (χ4v) is 2.63. The lowest BCUT2D eigenvalue weighted by molar-refractivity contribution is 0.145. The van der Waals surface area contributed by atoms with Gasteiger partial charge in [0.15, 0.2) is 0 Å². The van der Waals surface area contributed by atoms with Crippen LogP contribution in [-0.4, -0.2) is 30.6 Å². The lowest BCUT2D eigenvalue weighted by Gasteiger charge is -2.37. The summed E-state index contributed by atoms with van der Waals surface area (Å²) in [6, 6.07) is 9.98. The number of nitrogens with one attached hydrogen (secondary N) is 1. The number of hydrogen-bond donors (Lipinski definition) is 1. The van der Waals surface area contributed by atoms with Crippen molar-refractivity contribution in [3.05, 3.63) is 35.4 Å². The van der Waals surface area contributed by atoms with Crippen molar-refractivity contribution >= 4 is 0 Å². The Bertz CT molecular complexity index is 380. The first-order chi connectivity index (χ1) is 8.36. The molecule has 0 unspecified atom stereocenters. The quantitative estimate of drug-likeness (QED) is 0.835. The molecule has 1 saturated carbocycles. The van der Waals surface area contributed by atoms with E-state index in [1.54, 1.807) is 5.56 Å². The Balaban J connectivity index is 1.67. The Morgan fingerprint density at radius 1 is 1.29 bits per heavy atom. The van der Waals surface area contributed by atoms with E-state index < -0.39 is 0 Å². The second-order valence-electron chi connectivity index (χ2n) is 5.39. The zero-order chi connectivity index (χ0) is 11.7. The van der Waals surface area contributed by atoms with Crippen LogP contribution < -0.4 is 5.32 Å². The third kappa shape index (κ3) is 2.53. The Kier molecular flexibility index (Phi) is 3.17. The van der Waals surface area contributed by atoms with Gasteiger partial charge in [0, 0.05) is 25.7 Å². The highest BCUT2D eigenvalue weighted by Gasteiger charge is 2.25. The number of hydrogen-bond acceptors (Lipinski definition) is 2. The Morgan fingerprint density at radius 2 is 2.12 bits per heavy atom. The first-order valence-electron chi connectivity index (χ1n) is 6.90. The van der Waals surface area contributed by atoms with Crippen molar-refractivity contribution < 1.29 is 0 Å². The maximum atomic E-state index is 3.36. The average molecular weight is 230 g/mol. The van der Waals surface area contributed by atoms with E-state index in [0.717, 1.165) is 38.1 Å². The molecule has 17 heavy (non-hydrogen) atoms. The number of benzene rings is 1. The fourth-order valence-electron chi connectivity index (χ4n) is 2.63. The van der Waals surface area contributed by atoms with Gasteiger partial charge >= 0.3 is 0 Å². The summed E-state index contributed by atoms with van der Waals surface area (Å²) in [6.07, 6.45) is 2.79. The molecule has 0 amide bonds. The summed E-state index contributed by atoms with van der Waals surface area (Å²) >= 11 is 0. The first kappa shape index (κ1) is 11.2. The molecule has 1 heterocycles. The van der Waals surface area contributed by atoms with Gasteiger partial charge in [-0.25, -0.2) is 0 Å². The van der Waals surface area contributed by atoms with Crippen LogP contribution in [0.5, 0.6) is 0 Å². The van der Waals surface area contributed by atoms with Gasteiger partial charge < -0.3 is 5.32 Å². The molecule has 1 saturated heterocycles. The van der Waals surface area contributed by atoms with E-state index in [9.17, 15) is 0 Å². The Labute approximate surface area is 104 Å². The van der Waals surface area contributed by atoms with E-state index in [1.165, 1.54) is 18.4 Å². The highest BCUT2D eigenvalue weighted by atomic mass is 15.2. The van der Waals surface area contributed by atoms with Crippen LogP contribution in [0.2, 0.25) is 0 Å². The van der Waals surface area contributed by atoms with Gasteiger partial charge in [-0.1, -0.05) is 31.2 Å². The van der Waals surface area contributed by atoms with Crippen LogP contribution in [0.15, 0.2) is 24.3 Å². The second kappa shape index (κ2) is 4.79. The molecule has 2 fully saturated rings. The molecule has 0 aromatic heterocycles. The maximum Gasteiger partial charge on any atom is 0.0348 e. The zero-order valence-corrected chi connectivity index (χ0v) is 10.7. The fraction of sp³-hybridized carbons (Fsp3) is 0.600. The number of rotatable bonds is 5. The van der Waals surface area contributed by atoms with Crippen molar-refractivity contribution in [2.24, 2.45) is 0 Å². The van der Waals surface area contributed by atoms with Crippen molar-refractivity contribution in [2.45, 2.75) is 38.3 Å². The van der Waals surface area contributed by atoms with Gasteiger partial charge in [0.25, 0.3) is 0 Å². The standard InChI is InChI=1S/C15H22N2/c1-2-17(15-9-16-10-15)11-12-4-3-5-14(8-12)13-6-7-13/h3-5,8,13,15-16H,2,6-7,9-11H2,1H3. The van der Waals surface area contributed by atoms with Gasteiger partial charge in [0.2, 0.25) is 0 Å². The van der Waals surface area contributed by atoms with Gasteiger partial charge in [-0.3, -0.25) is 4.90 Å². The third-order valence-electron chi connectivity index (χ3n) is 4.07. The molecule has 1 N–H and O–H groups in total. The van der Waals surface area contributed by atoms with Crippen LogP contribution in [0.1, 0.15) is 36.8 Å². The smallest absolute Gasteiger partial charge is 0.0348 e. The molecule has 0 atom stereocenters. The minimum absolute atomic E-state index is 0.754. The molecule has 2 nitrogen and oxygen atoms in total. The third-order valence-corrected chi connectivity index (χ3v) is 4.07. The topological polar surface area (TPSA) is 15.3 Å². The van der Waals surface area contributed by atoms with Gasteiger partial charge in [-0.2, -0.15) is 0 Å². The monoisotopic (exact) mass is 230 g/mol. The molecule has 1 aliphatic carbocycles. The maximum absolute atomic E-state index is 3.36. The highest BCUT2D eigenvalue weighted by Crippen LogP contribution is 2.40. The van der Waals surface area contributed by atoms with Crippen LogP contribution in [-0.2, 0) is 6.54 Å². The minimum Gasteiger partial charge on any atom is -0.314 e. The summed E-state index contributed by atoms with van der Waals surface area (Å²) in [6.45, 7) is 6.86. The molecule has 0 spiro atoms. The van der Waals surface area contributed by atoms with Crippen LogP contribution in [0.3, 0.4) is 0 Å².